The van der Waals surface area contributed by atoms with E-state index in [1.54, 1.807) is 0 Å². The number of halogens is 2. The third kappa shape index (κ3) is 2.01. The Morgan fingerprint density at radius 2 is 2.21 bits per heavy atom. The summed E-state index contributed by atoms with van der Waals surface area (Å²) in [6.07, 6.45) is 0.557. The highest BCUT2D eigenvalue weighted by Gasteiger charge is 2.18. The quantitative estimate of drug-likeness (QED) is 0.728. The standard InChI is InChI=1S/C10H10F2O2/c11-7-1-2-9(12)10(5-7)14-8-3-4-13-6-8/h1-2,5,8H,3-4,6H2. The van der Waals surface area contributed by atoms with Gasteiger partial charge in [-0.25, -0.2) is 8.78 Å². The second kappa shape index (κ2) is 3.92. The molecule has 0 aliphatic carbocycles. The van der Waals surface area contributed by atoms with Gasteiger partial charge in [-0.1, -0.05) is 0 Å². The molecule has 2 nitrogen and oxygen atoms in total. The van der Waals surface area contributed by atoms with Crippen LogP contribution in [0.4, 0.5) is 8.78 Å². The molecule has 1 saturated heterocycles. The SMILES string of the molecule is Fc1ccc(F)c(OC2CCOC2)c1. The molecule has 76 valence electrons. The van der Waals surface area contributed by atoms with E-state index in [0.717, 1.165) is 24.6 Å². The Labute approximate surface area is 80.4 Å². The van der Waals surface area contributed by atoms with Gasteiger partial charge in [0.1, 0.15) is 11.9 Å². The molecule has 1 aliphatic heterocycles. The van der Waals surface area contributed by atoms with E-state index in [1.807, 2.05) is 0 Å². The average molecular weight is 200 g/mol. The van der Waals surface area contributed by atoms with Crippen LogP contribution in [0.1, 0.15) is 6.42 Å². The summed E-state index contributed by atoms with van der Waals surface area (Å²) in [5, 5.41) is 0. The number of hydrogen-bond acceptors (Lipinski definition) is 2. The first-order chi connectivity index (χ1) is 6.75. The summed E-state index contributed by atoms with van der Waals surface area (Å²) in [6, 6.07) is 3.17. The molecule has 0 saturated carbocycles. The lowest BCUT2D eigenvalue weighted by Crippen LogP contribution is -2.16. The Morgan fingerprint density at radius 1 is 1.36 bits per heavy atom. The summed E-state index contributed by atoms with van der Waals surface area (Å²) in [5.74, 6) is -1.08. The maximum atomic E-state index is 13.1. The Balaban J connectivity index is 2.10. The summed E-state index contributed by atoms with van der Waals surface area (Å²) in [5.41, 5.74) is 0. The van der Waals surface area contributed by atoms with Crippen molar-refractivity contribution in [2.45, 2.75) is 12.5 Å². The van der Waals surface area contributed by atoms with Gasteiger partial charge in [0.2, 0.25) is 0 Å². The smallest absolute Gasteiger partial charge is 0.165 e. The third-order valence-electron chi connectivity index (χ3n) is 2.07. The van der Waals surface area contributed by atoms with Crippen molar-refractivity contribution in [3.05, 3.63) is 29.8 Å². The number of ether oxygens (including phenoxy) is 2. The van der Waals surface area contributed by atoms with Crippen molar-refractivity contribution in [2.75, 3.05) is 13.2 Å². The Hall–Kier alpha value is -1.16. The van der Waals surface area contributed by atoms with Gasteiger partial charge in [-0.3, -0.25) is 0 Å². The summed E-state index contributed by atoms with van der Waals surface area (Å²) >= 11 is 0. The molecular formula is C10H10F2O2. The van der Waals surface area contributed by atoms with Crippen LogP contribution in [0.5, 0.6) is 5.75 Å². The Bertz CT molecular complexity index is 322. The lowest BCUT2D eigenvalue weighted by Gasteiger charge is -2.12. The van der Waals surface area contributed by atoms with E-state index < -0.39 is 11.6 Å². The van der Waals surface area contributed by atoms with Gasteiger partial charge in [-0.2, -0.15) is 0 Å². The highest BCUT2D eigenvalue weighted by Crippen LogP contribution is 2.21. The second-order valence-corrected chi connectivity index (χ2v) is 3.18. The fourth-order valence-electron chi connectivity index (χ4n) is 1.35. The molecule has 1 aromatic rings. The van der Waals surface area contributed by atoms with Gasteiger partial charge >= 0.3 is 0 Å². The van der Waals surface area contributed by atoms with Gasteiger partial charge in [0.05, 0.1) is 13.2 Å². The molecule has 1 atom stereocenters. The predicted octanol–water partition coefficient (Wildman–Crippen LogP) is 2.13. The van der Waals surface area contributed by atoms with Gasteiger partial charge in [0.25, 0.3) is 0 Å². The minimum absolute atomic E-state index is 0.0412. The zero-order chi connectivity index (χ0) is 9.97. The fraction of sp³-hybridized carbons (Fsp3) is 0.400. The van der Waals surface area contributed by atoms with Crippen molar-refractivity contribution in [3.8, 4) is 5.75 Å². The van der Waals surface area contributed by atoms with Crippen LogP contribution >= 0.6 is 0 Å². The average Bonchev–Trinajstić information content (AvgIpc) is 2.64. The maximum Gasteiger partial charge on any atom is 0.165 e. The van der Waals surface area contributed by atoms with Crippen molar-refractivity contribution in [3.63, 3.8) is 0 Å². The molecule has 2 rings (SSSR count). The van der Waals surface area contributed by atoms with Crippen LogP contribution in [-0.2, 0) is 4.74 Å². The molecule has 1 unspecified atom stereocenters. The first-order valence-corrected chi connectivity index (χ1v) is 4.45. The van der Waals surface area contributed by atoms with Crippen LogP contribution in [-0.4, -0.2) is 19.3 Å². The van der Waals surface area contributed by atoms with Crippen LogP contribution in [0.2, 0.25) is 0 Å². The largest absolute Gasteiger partial charge is 0.485 e. The molecule has 1 heterocycles. The van der Waals surface area contributed by atoms with Crippen molar-refractivity contribution >= 4 is 0 Å². The molecule has 0 N–H and O–H groups in total. The Kier molecular flexibility index (Phi) is 2.63. The summed E-state index contributed by atoms with van der Waals surface area (Å²) in [7, 11) is 0. The number of benzene rings is 1. The molecular weight excluding hydrogens is 190 g/mol. The molecule has 0 spiro atoms. The lowest BCUT2D eigenvalue weighted by molar-refractivity contribution is 0.138. The highest BCUT2D eigenvalue weighted by molar-refractivity contribution is 5.25. The van der Waals surface area contributed by atoms with E-state index in [4.69, 9.17) is 9.47 Å². The van der Waals surface area contributed by atoms with Crippen LogP contribution in [0.15, 0.2) is 18.2 Å². The maximum absolute atomic E-state index is 13.1. The lowest BCUT2D eigenvalue weighted by atomic mass is 10.3. The molecule has 0 amide bonds. The van der Waals surface area contributed by atoms with Crippen LogP contribution in [0.25, 0.3) is 0 Å². The first kappa shape index (κ1) is 9.40. The fourth-order valence-corrected chi connectivity index (χ4v) is 1.35. The molecule has 0 aromatic heterocycles. The minimum atomic E-state index is -0.543. The molecule has 1 fully saturated rings. The van der Waals surface area contributed by atoms with Crippen molar-refractivity contribution in [2.24, 2.45) is 0 Å². The first-order valence-electron chi connectivity index (χ1n) is 4.45. The van der Waals surface area contributed by atoms with Crippen LogP contribution in [0, 0.1) is 11.6 Å². The van der Waals surface area contributed by atoms with Crippen molar-refractivity contribution in [1.82, 2.24) is 0 Å². The van der Waals surface area contributed by atoms with Crippen LogP contribution in [0.3, 0.4) is 0 Å². The van der Waals surface area contributed by atoms with Gasteiger partial charge in [-0.15, -0.1) is 0 Å². The van der Waals surface area contributed by atoms with Crippen LogP contribution < -0.4 is 4.74 Å². The normalized spacial score (nSPS) is 21.1. The molecule has 14 heavy (non-hydrogen) atoms. The number of hydrogen-bond donors (Lipinski definition) is 0. The summed E-state index contributed by atoms with van der Waals surface area (Å²) in [6.45, 7) is 1.05. The highest BCUT2D eigenvalue weighted by atomic mass is 19.1. The minimum Gasteiger partial charge on any atom is -0.485 e. The predicted molar refractivity (Wildman–Crippen MR) is 46.2 cm³/mol. The van der Waals surface area contributed by atoms with E-state index in [-0.39, 0.29) is 11.9 Å². The molecule has 0 bridgehead atoms. The van der Waals surface area contributed by atoms with Crippen molar-refractivity contribution in [1.29, 1.82) is 0 Å². The van der Waals surface area contributed by atoms with Gasteiger partial charge in [0, 0.05) is 12.5 Å². The van der Waals surface area contributed by atoms with Gasteiger partial charge < -0.3 is 9.47 Å². The van der Waals surface area contributed by atoms with E-state index >= 15 is 0 Å². The molecule has 1 aliphatic rings. The Morgan fingerprint density at radius 3 is 2.93 bits per heavy atom. The molecule has 4 heteroatoms. The third-order valence-corrected chi connectivity index (χ3v) is 2.07. The molecule has 1 aromatic carbocycles. The zero-order valence-corrected chi connectivity index (χ0v) is 7.50. The topological polar surface area (TPSA) is 18.5 Å². The van der Waals surface area contributed by atoms with E-state index in [0.29, 0.717) is 13.2 Å². The summed E-state index contributed by atoms with van der Waals surface area (Å²) < 4.78 is 36.1. The van der Waals surface area contributed by atoms with Gasteiger partial charge in [-0.05, 0) is 12.1 Å². The van der Waals surface area contributed by atoms with E-state index in [1.165, 1.54) is 0 Å². The monoisotopic (exact) mass is 200 g/mol. The van der Waals surface area contributed by atoms with Gasteiger partial charge in [0.15, 0.2) is 11.6 Å². The van der Waals surface area contributed by atoms with E-state index in [2.05, 4.69) is 0 Å². The van der Waals surface area contributed by atoms with E-state index in [9.17, 15) is 8.78 Å². The zero-order valence-electron chi connectivity index (χ0n) is 7.50. The van der Waals surface area contributed by atoms with Crippen molar-refractivity contribution < 1.29 is 18.3 Å². The molecule has 0 radical (unpaired) electrons. The summed E-state index contributed by atoms with van der Waals surface area (Å²) in [4.78, 5) is 0. The second-order valence-electron chi connectivity index (χ2n) is 3.18. The number of rotatable bonds is 2.